The Morgan fingerprint density at radius 3 is 2.90 bits per heavy atom. The number of carbonyl (C=O) groups excluding carboxylic acids is 2. The van der Waals surface area contributed by atoms with Gasteiger partial charge in [0.2, 0.25) is 0 Å². The Morgan fingerprint density at radius 2 is 2.60 bits per heavy atom. The van der Waals surface area contributed by atoms with Crippen LogP contribution in [0.25, 0.3) is 0 Å². The molecule has 10 heavy (non-hydrogen) atoms. The number of ether oxygens (including phenoxy) is 1. The fourth-order valence-corrected chi connectivity index (χ4v) is 0.862. The van der Waals surface area contributed by atoms with Crippen molar-refractivity contribution in [2.75, 3.05) is 13.1 Å². The standard InChI is InChI=1S/C6H9NO3/c1-2-7-3-5(4-8)10-6(7)9/h4-5H,2-3H2,1H3/t5-/m0/s1. The highest BCUT2D eigenvalue weighted by atomic mass is 16.6. The largest absolute Gasteiger partial charge is 0.436 e. The number of cyclic esters (lactones) is 1. The van der Waals surface area contributed by atoms with Crippen LogP contribution in [0.1, 0.15) is 6.92 Å². The Bertz CT molecular complexity index is 157. The maximum absolute atomic E-state index is 10.7. The number of carbonyl (C=O) groups is 2. The first-order chi connectivity index (χ1) is 4.77. The molecule has 1 heterocycles. The van der Waals surface area contributed by atoms with E-state index in [1.54, 1.807) is 0 Å². The van der Waals surface area contributed by atoms with Crippen molar-refractivity contribution in [2.45, 2.75) is 13.0 Å². The van der Waals surface area contributed by atoms with Gasteiger partial charge in [-0.1, -0.05) is 0 Å². The van der Waals surface area contributed by atoms with Crippen LogP contribution < -0.4 is 0 Å². The molecule has 1 saturated heterocycles. The third kappa shape index (κ3) is 1.10. The molecule has 4 nitrogen and oxygen atoms in total. The monoisotopic (exact) mass is 143 g/mol. The molecular weight excluding hydrogens is 134 g/mol. The summed E-state index contributed by atoms with van der Waals surface area (Å²) in [6.07, 6.45) is -0.292. The van der Waals surface area contributed by atoms with E-state index >= 15 is 0 Å². The van der Waals surface area contributed by atoms with Crippen molar-refractivity contribution >= 4 is 12.4 Å². The van der Waals surface area contributed by atoms with Gasteiger partial charge in [0.25, 0.3) is 0 Å². The predicted octanol–water partition coefficient (Wildman–Crippen LogP) is 0.0260. The Kier molecular flexibility index (Phi) is 1.89. The van der Waals surface area contributed by atoms with E-state index in [4.69, 9.17) is 0 Å². The Morgan fingerprint density at radius 1 is 1.90 bits per heavy atom. The molecule has 1 aliphatic heterocycles. The van der Waals surface area contributed by atoms with Gasteiger partial charge in [0.05, 0.1) is 6.54 Å². The normalized spacial score (nSPS) is 24.7. The third-order valence-corrected chi connectivity index (χ3v) is 1.44. The Balaban J connectivity index is 2.51. The molecule has 0 radical (unpaired) electrons. The minimum absolute atomic E-state index is 0.389. The van der Waals surface area contributed by atoms with Gasteiger partial charge in [0.15, 0.2) is 12.4 Å². The second-order valence-electron chi connectivity index (χ2n) is 2.10. The number of rotatable bonds is 2. The number of nitrogens with zero attached hydrogens (tertiary/aromatic N) is 1. The van der Waals surface area contributed by atoms with Crippen molar-refractivity contribution < 1.29 is 14.3 Å². The van der Waals surface area contributed by atoms with Crippen LogP contribution in [0, 0.1) is 0 Å². The number of aldehydes is 1. The minimum atomic E-state index is -0.549. The van der Waals surface area contributed by atoms with Gasteiger partial charge in [0, 0.05) is 6.54 Å². The summed E-state index contributed by atoms with van der Waals surface area (Å²) in [6.45, 7) is 2.84. The van der Waals surface area contributed by atoms with Gasteiger partial charge in [-0.05, 0) is 6.92 Å². The van der Waals surface area contributed by atoms with Crippen LogP contribution in [0.4, 0.5) is 4.79 Å². The molecule has 0 N–H and O–H groups in total. The summed E-state index contributed by atoms with van der Waals surface area (Å²) < 4.78 is 4.63. The van der Waals surface area contributed by atoms with E-state index in [1.165, 1.54) is 4.90 Å². The highest BCUT2D eigenvalue weighted by Gasteiger charge is 2.28. The summed E-state index contributed by atoms with van der Waals surface area (Å²) in [5.74, 6) is 0. The van der Waals surface area contributed by atoms with Gasteiger partial charge in [-0.2, -0.15) is 0 Å². The average Bonchev–Trinajstić information content (AvgIpc) is 2.30. The first kappa shape index (κ1) is 7.05. The molecule has 0 aliphatic carbocycles. The van der Waals surface area contributed by atoms with E-state index in [-0.39, 0.29) is 6.09 Å². The lowest BCUT2D eigenvalue weighted by atomic mass is 10.4. The topological polar surface area (TPSA) is 46.6 Å². The number of likely N-dealkylation sites (N-methyl/N-ethyl adjacent to an activating group) is 1. The first-order valence-corrected chi connectivity index (χ1v) is 3.18. The lowest BCUT2D eigenvalue weighted by Crippen LogP contribution is -2.24. The highest BCUT2D eigenvalue weighted by Crippen LogP contribution is 2.07. The molecule has 4 heteroatoms. The van der Waals surface area contributed by atoms with Gasteiger partial charge < -0.3 is 9.64 Å². The van der Waals surface area contributed by atoms with Gasteiger partial charge >= 0.3 is 6.09 Å². The van der Waals surface area contributed by atoms with Crippen molar-refractivity contribution in [2.24, 2.45) is 0 Å². The minimum Gasteiger partial charge on any atom is -0.436 e. The predicted molar refractivity (Wildman–Crippen MR) is 33.6 cm³/mol. The van der Waals surface area contributed by atoms with Crippen molar-refractivity contribution in [3.05, 3.63) is 0 Å². The second kappa shape index (κ2) is 2.68. The van der Waals surface area contributed by atoms with E-state index < -0.39 is 6.10 Å². The van der Waals surface area contributed by atoms with Gasteiger partial charge in [0.1, 0.15) is 0 Å². The van der Waals surface area contributed by atoms with Gasteiger partial charge in [-0.3, -0.25) is 4.79 Å². The van der Waals surface area contributed by atoms with Crippen LogP contribution in [0.5, 0.6) is 0 Å². The fraction of sp³-hybridized carbons (Fsp3) is 0.667. The van der Waals surface area contributed by atoms with Crippen molar-refractivity contribution in [1.29, 1.82) is 0 Å². The number of hydrogen-bond donors (Lipinski definition) is 0. The summed E-state index contributed by atoms with van der Waals surface area (Å²) in [5, 5.41) is 0. The van der Waals surface area contributed by atoms with Crippen LogP contribution in [0.15, 0.2) is 0 Å². The zero-order chi connectivity index (χ0) is 7.56. The summed E-state index contributed by atoms with van der Waals surface area (Å²) in [5.41, 5.74) is 0. The molecule has 0 bridgehead atoms. The second-order valence-corrected chi connectivity index (χ2v) is 2.10. The summed E-state index contributed by atoms with van der Waals surface area (Å²) in [6, 6.07) is 0. The molecule has 56 valence electrons. The van der Waals surface area contributed by atoms with E-state index in [0.29, 0.717) is 19.4 Å². The molecular formula is C6H9NO3. The molecule has 0 spiro atoms. The summed E-state index contributed by atoms with van der Waals surface area (Å²) in [4.78, 5) is 22.3. The molecule has 1 rings (SSSR count). The quantitative estimate of drug-likeness (QED) is 0.512. The van der Waals surface area contributed by atoms with Crippen LogP contribution >= 0.6 is 0 Å². The maximum atomic E-state index is 10.7. The lowest BCUT2D eigenvalue weighted by molar-refractivity contribution is -0.113. The van der Waals surface area contributed by atoms with E-state index in [0.717, 1.165) is 0 Å². The molecule has 0 aromatic heterocycles. The summed E-state index contributed by atoms with van der Waals surface area (Å²) in [7, 11) is 0. The van der Waals surface area contributed by atoms with Crippen LogP contribution in [-0.4, -0.2) is 36.5 Å². The highest BCUT2D eigenvalue weighted by molar-refractivity contribution is 5.75. The third-order valence-electron chi connectivity index (χ3n) is 1.44. The molecule has 0 saturated carbocycles. The number of amides is 1. The zero-order valence-corrected chi connectivity index (χ0v) is 5.74. The maximum Gasteiger partial charge on any atom is 0.410 e. The molecule has 0 aromatic carbocycles. The first-order valence-electron chi connectivity index (χ1n) is 3.18. The zero-order valence-electron chi connectivity index (χ0n) is 5.74. The van der Waals surface area contributed by atoms with Crippen LogP contribution in [0.3, 0.4) is 0 Å². The average molecular weight is 143 g/mol. The van der Waals surface area contributed by atoms with E-state index in [1.807, 2.05) is 6.92 Å². The van der Waals surface area contributed by atoms with Gasteiger partial charge in [-0.15, -0.1) is 0 Å². The number of hydrogen-bond acceptors (Lipinski definition) is 3. The smallest absolute Gasteiger partial charge is 0.410 e. The van der Waals surface area contributed by atoms with Gasteiger partial charge in [-0.25, -0.2) is 4.79 Å². The van der Waals surface area contributed by atoms with Crippen LogP contribution in [0.2, 0.25) is 0 Å². The molecule has 0 unspecified atom stereocenters. The molecule has 0 aromatic rings. The van der Waals surface area contributed by atoms with Crippen molar-refractivity contribution in [3.63, 3.8) is 0 Å². The summed E-state index contributed by atoms with van der Waals surface area (Å²) >= 11 is 0. The SMILES string of the molecule is CCN1C[C@@H](C=O)OC1=O. The van der Waals surface area contributed by atoms with Crippen molar-refractivity contribution in [1.82, 2.24) is 4.90 Å². The fourth-order valence-electron chi connectivity index (χ4n) is 0.862. The molecule has 1 amide bonds. The Labute approximate surface area is 58.8 Å². The Hall–Kier alpha value is -1.06. The molecule has 1 atom stereocenters. The molecule has 1 aliphatic rings. The van der Waals surface area contributed by atoms with E-state index in [9.17, 15) is 9.59 Å². The van der Waals surface area contributed by atoms with Crippen molar-refractivity contribution in [3.8, 4) is 0 Å². The molecule has 1 fully saturated rings. The van der Waals surface area contributed by atoms with E-state index in [2.05, 4.69) is 4.74 Å². The lowest BCUT2D eigenvalue weighted by Gasteiger charge is -2.06. The van der Waals surface area contributed by atoms with Crippen LogP contribution in [-0.2, 0) is 9.53 Å².